The molecular weight excluding hydrogens is 267 g/mol. The summed E-state index contributed by atoms with van der Waals surface area (Å²) in [6.45, 7) is 0. The molecule has 0 heterocycles. The van der Waals surface area contributed by atoms with Crippen LogP contribution in [-0.2, 0) is 17.4 Å². The predicted octanol–water partition coefficient (Wildman–Crippen LogP) is 3.71. The molecule has 0 N–H and O–H groups in total. The third kappa shape index (κ3) is 4.25. The van der Waals surface area contributed by atoms with E-state index in [-0.39, 0.29) is 18.4 Å². The SMILES string of the molecule is O=C(Cc1cccc(C(F)(F)F)c1)[N]C1CCCCC1. The van der Waals surface area contributed by atoms with Crippen molar-refractivity contribution < 1.29 is 18.0 Å². The van der Waals surface area contributed by atoms with Crippen molar-refractivity contribution in [1.29, 1.82) is 0 Å². The number of nitrogens with zero attached hydrogens (tertiary/aromatic N) is 1. The smallest absolute Gasteiger partial charge is 0.273 e. The summed E-state index contributed by atoms with van der Waals surface area (Å²) in [5, 5.41) is 4.10. The van der Waals surface area contributed by atoms with Gasteiger partial charge in [-0.2, -0.15) is 13.2 Å². The van der Waals surface area contributed by atoms with Crippen LogP contribution in [-0.4, -0.2) is 11.9 Å². The van der Waals surface area contributed by atoms with Gasteiger partial charge in [0, 0.05) is 0 Å². The van der Waals surface area contributed by atoms with Gasteiger partial charge in [-0.15, -0.1) is 0 Å². The van der Waals surface area contributed by atoms with Gasteiger partial charge in [0.1, 0.15) is 0 Å². The number of hydrogen-bond donors (Lipinski definition) is 0. The Morgan fingerprint density at radius 2 is 1.90 bits per heavy atom. The van der Waals surface area contributed by atoms with Crippen LogP contribution >= 0.6 is 0 Å². The molecule has 1 aliphatic rings. The Bertz CT molecular complexity index is 464. The van der Waals surface area contributed by atoms with Gasteiger partial charge in [0.05, 0.1) is 18.0 Å². The molecule has 0 aliphatic heterocycles. The van der Waals surface area contributed by atoms with Gasteiger partial charge in [0.25, 0.3) is 0 Å². The zero-order chi connectivity index (χ0) is 14.6. The average molecular weight is 284 g/mol. The average Bonchev–Trinajstić information content (AvgIpc) is 2.39. The van der Waals surface area contributed by atoms with E-state index in [1.807, 2.05) is 0 Å². The van der Waals surface area contributed by atoms with Gasteiger partial charge in [-0.1, -0.05) is 37.5 Å². The highest BCUT2D eigenvalue weighted by atomic mass is 19.4. The van der Waals surface area contributed by atoms with Crippen molar-refractivity contribution >= 4 is 5.91 Å². The molecule has 20 heavy (non-hydrogen) atoms. The van der Waals surface area contributed by atoms with E-state index in [1.54, 1.807) is 0 Å². The molecule has 1 amide bonds. The molecular formula is C15H17F3NO. The summed E-state index contributed by atoms with van der Waals surface area (Å²) in [6, 6.07) is 4.94. The Labute approximate surface area is 116 Å². The molecule has 1 aliphatic carbocycles. The van der Waals surface area contributed by atoms with Crippen LogP contribution in [0.1, 0.15) is 43.2 Å². The van der Waals surface area contributed by atoms with Crippen molar-refractivity contribution in [1.82, 2.24) is 5.32 Å². The molecule has 1 aromatic rings. The molecule has 2 nitrogen and oxygen atoms in total. The van der Waals surface area contributed by atoms with Gasteiger partial charge in [0.15, 0.2) is 0 Å². The Morgan fingerprint density at radius 3 is 2.55 bits per heavy atom. The van der Waals surface area contributed by atoms with E-state index in [4.69, 9.17) is 0 Å². The molecule has 1 fully saturated rings. The van der Waals surface area contributed by atoms with E-state index in [1.165, 1.54) is 18.6 Å². The first-order valence-electron chi connectivity index (χ1n) is 6.85. The number of benzene rings is 1. The van der Waals surface area contributed by atoms with Crippen LogP contribution in [0.25, 0.3) is 0 Å². The number of amides is 1. The van der Waals surface area contributed by atoms with E-state index in [0.29, 0.717) is 5.56 Å². The molecule has 1 radical (unpaired) electrons. The lowest BCUT2D eigenvalue weighted by atomic mass is 9.95. The number of rotatable bonds is 3. The lowest BCUT2D eigenvalue weighted by Crippen LogP contribution is -2.30. The summed E-state index contributed by atoms with van der Waals surface area (Å²) in [6.07, 6.45) is 0.715. The van der Waals surface area contributed by atoms with Gasteiger partial charge in [-0.3, -0.25) is 4.79 Å². The number of halogens is 3. The van der Waals surface area contributed by atoms with E-state index >= 15 is 0 Å². The molecule has 5 heteroatoms. The van der Waals surface area contributed by atoms with E-state index < -0.39 is 11.7 Å². The second-order valence-electron chi connectivity index (χ2n) is 5.19. The monoisotopic (exact) mass is 284 g/mol. The molecule has 0 atom stereocenters. The van der Waals surface area contributed by atoms with Crippen LogP contribution in [0.2, 0.25) is 0 Å². The quantitative estimate of drug-likeness (QED) is 0.832. The Balaban J connectivity index is 1.93. The highest BCUT2D eigenvalue weighted by Crippen LogP contribution is 2.29. The molecule has 0 unspecified atom stereocenters. The minimum atomic E-state index is -4.38. The summed E-state index contributed by atoms with van der Waals surface area (Å²) < 4.78 is 37.7. The molecule has 0 bridgehead atoms. The normalized spacial score (nSPS) is 16.9. The van der Waals surface area contributed by atoms with Gasteiger partial charge in [0.2, 0.25) is 5.91 Å². The fourth-order valence-corrected chi connectivity index (χ4v) is 2.49. The Kier molecular flexibility index (Phi) is 4.68. The van der Waals surface area contributed by atoms with Gasteiger partial charge >= 0.3 is 6.18 Å². The highest BCUT2D eigenvalue weighted by Gasteiger charge is 2.30. The highest BCUT2D eigenvalue weighted by molar-refractivity contribution is 5.78. The summed E-state index contributed by atoms with van der Waals surface area (Å²) >= 11 is 0. The van der Waals surface area contributed by atoms with Gasteiger partial charge in [-0.05, 0) is 24.5 Å². The second-order valence-corrected chi connectivity index (χ2v) is 5.19. The largest absolute Gasteiger partial charge is 0.416 e. The third-order valence-electron chi connectivity index (χ3n) is 3.51. The van der Waals surface area contributed by atoms with Crippen LogP contribution in [0.3, 0.4) is 0 Å². The van der Waals surface area contributed by atoms with E-state index in [2.05, 4.69) is 5.32 Å². The molecule has 109 valence electrons. The van der Waals surface area contributed by atoms with Crippen molar-refractivity contribution in [2.24, 2.45) is 0 Å². The van der Waals surface area contributed by atoms with E-state index in [9.17, 15) is 18.0 Å². The lowest BCUT2D eigenvalue weighted by molar-refractivity contribution is -0.137. The first-order valence-corrected chi connectivity index (χ1v) is 6.85. The van der Waals surface area contributed by atoms with Crippen LogP contribution in [0.5, 0.6) is 0 Å². The third-order valence-corrected chi connectivity index (χ3v) is 3.51. The number of carbonyl (C=O) groups excluding carboxylic acids is 1. The molecule has 2 rings (SSSR count). The molecule has 0 aromatic heterocycles. The predicted molar refractivity (Wildman–Crippen MR) is 69.2 cm³/mol. The van der Waals surface area contributed by atoms with Gasteiger partial charge < -0.3 is 0 Å². The van der Waals surface area contributed by atoms with Crippen LogP contribution in [0, 0.1) is 0 Å². The van der Waals surface area contributed by atoms with Crippen LogP contribution in [0.4, 0.5) is 13.2 Å². The van der Waals surface area contributed by atoms with Crippen molar-refractivity contribution in [3.8, 4) is 0 Å². The maximum atomic E-state index is 12.6. The summed E-state index contributed by atoms with van der Waals surface area (Å²) in [5.74, 6) is -0.323. The van der Waals surface area contributed by atoms with Crippen molar-refractivity contribution in [2.75, 3.05) is 0 Å². The van der Waals surface area contributed by atoms with Gasteiger partial charge in [-0.25, -0.2) is 5.32 Å². The molecule has 1 saturated carbocycles. The molecule has 0 spiro atoms. The summed E-state index contributed by atoms with van der Waals surface area (Å²) in [4.78, 5) is 11.8. The fraction of sp³-hybridized carbons (Fsp3) is 0.533. The summed E-state index contributed by atoms with van der Waals surface area (Å²) in [5.41, 5.74) is -0.357. The van der Waals surface area contributed by atoms with E-state index in [0.717, 1.165) is 37.8 Å². The minimum absolute atomic E-state index is 0.0551. The maximum Gasteiger partial charge on any atom is 0.416 e. The zero-order valence-electron chi connectivity index (χ0n) is 11.1. The molecule has 0 saturated heterocycles. The zero-order valence-corrected chi connectivity index (χ0v) is 11.1. The van der Waals surface area contributed by atoms with Crippen molar-refractivity contribution in [2.45, 2.75) is 50.7 Å². The first-order chi connectivity index (χ1) is 9.45. The van der Waals surface area contributed by atoms with Crippen molar-refractivity contribution in [3.05, 3.63) is 35.4 Å². The minimum Gasteiger partial charge on any atom is -0.273 e. The fourth-order valence-electron chi connectivity index (χ4n) is 2.49. The van der Waals surface area contributed by atoms with Crippen LogP contribution in [0.15, 0.2) is 24.3 Å². The number of carbonyl (C=O) groups is 1. The first kappa shape index (κ1) is 14.9. The number of hydrogen-bond acceptors (Lipinski definition) is 1. The standard InChI is InChI=1S/C15H17F3NO/c16-15(17,18)12-6-4-5-11(9-12)10-14(20)19-13-7-2-1-3-8-13/h4-6,9,13H,1-3,7-8,10H2. The van der Waals surface area contributed by atoms with Crippen LogP contribution < -0.4 is 5.32 Å². The topological polar surface area (TPSA) is 31.2 Å². The summed E-state index contributed by atoms with van der Waals surface area (Å²) in [7, 11) is 0. The molecule has 1 aromatic carbocycles. The second kappa shape index (κ2) is 6.29. The Hall–Kier alpha value is -1.52. The maximum absolute atomic E-state index is 12.6. The van der Waals surface area contributed by atoms with Crippen molar-refractivity contribution in [3.63, 3.8) is 0 Å². The lowest BCUT2D eigenvalue weighted by Gasteiger charge is -2.20. The number of alkyl halides is 3. The Morgan fingerprint density at radius 1 is 1.20 bits per heavy atom.